The number of methoxy groups -OCH3 is 1. The van der Waals surface area contributed by atoms with E-state index in [4.69, 9.17) is 4.74 Å². The Hall–Kier alpha value is -2.32. The molecule has 0 bridgehead atoms. The first-order valence-electron chi connectivity index (χ1n) is 7.67. The number of rotatable bonds is 6. The summed E-state index contributed by atoms with van der Waals surface area (Å²) in [5, 5.41) is 2.67. The quantitative estimate of drug-likeness (QED) is 0.662. The first-order valence-corrected chi connectivity index (χ1v) is 9.95. The lowest BCUT2D eigenvalue weighted by Crippen LogP contribution is -2.16. The molecule has 0 aliphatic carbocycles. The topological polar surface area (TPSA) is 84.5 Å². The van der Waals surface area contributed by atoms with E-state index in [0.717, 1.165) is 4.47 Å². The van der Waals surface area contributed by atoms with Gasteiger partial charge in [0, 0.05) is 21.4 Å². The predicted molar refractivity (Wildman–Crippen MR) is 106 cm³/mol. The van der Waals surface area contributed by atoms with Crippen LogP contribution in [0.1, 0.15) is 13.8 Å². The minimum Gasteiger partial charge on any atom is -0.495 e. The molecular formula is C18H19BrN2O4S. The van der Waals surface area contributed by atoms with Gasteiger partial charge in [0.15, 0.2) is 0 Å². The van der Waals surface area contributed by atoms with Crippen LogP contribution in [0.2, 0.25) is 0 Å². The Labute approximate surface area is 161 Å². The molecule has 2 rings (SSSR count). The molecule has 0 unspecified atom stereocenters. The summed E-state index contributed by atoms with van der Waals surface area (Å²) in [6.07, 6.45) is 1.67. The van der Waals surface area contributed by atoms with Crippen molar-refractivity contribution >= 4 is 43.2 Å². The molecule has 0 saturated carbocycles. The minimum atomic E-state index is -3.91. The van der Waals surface area contributed by atoms with E-state index in [2.05, 4.69) is 26.0 Å². The highest BCUT2D eigenvalue weighted by atomic mass is 79.9. The molecule has 1 amide bonds. The van der Waals surface area contributed by atoms with Crippen molar-refractivity contribution < 1.29 is 17.9 Å². The van der Waals surface area contributed by atoms with E-state index < -0.39 is 10.0 Å². The van der Waals surface area contributed by atoms with Crippen molar-refractivity contribution in [3.05, 3.63) is 58.6 Å². The van der Waals surface area contributed by atoms with Crippen molar-refractivity contribution in [2.45, 2.75) is 18.7 Å². The van der Waals surface area contributed by atoms with Gasteiger partial charge in [0.1, 0.15) is 10.6 Å². The Balaban J connectivity index is 2.37. The number of carbonyl (C=O) groups is 1. The SMILES string of the molecule is CC=C(C)C(=O)Nc1ccc(OC)c(S(=O)(=O)Nc2ccc(Br)cc2)c1. The molecule has 0 aromatic heterocycles. The van der Waals surface area contributed by atoms with Gasteiger partial charge in [-0.1, -0.05) is 22.0 Å². The Morgan fingerprint density at radius 1 is 1.12 bits per heavy atom. The first kappa shape index (κ1) is 20.0. The number of halogens is 1. The van der Waals surface area contributed by atoms with Gasteiger partial charge in [0.25, 0.3) is 15.9 Å². The third-order valence-electron chi connectivity index (χ3n) is 3.60. The molecule has 138 valence electrons. The van der Waals surface area contributed by atoms with E-state index in [-0.39, 0.29) is 16.6 Å². The second-order valence-electron chi connectivity index (χ2n) is 5.40. The van der Waals surface area contributed by atoms with Crippen LogP contribution in [0.4, 0.5) is 11.4 Å². The summed E-state index contributed by atoms with van der Waals surface area (Å²) < 4.78 is 34.0. The highest BCUT2D eigenvalue weighted by molar-refractivity contribution is 9.10. The zero-order valence-electron chi connectivity index (χ0n) is 14.5. The Morgan fingerprint density at radius 2 is 1.73 bits per heavy atom. The average Bonchev–Trinajstić information content (AvgIpc) is 2.62. The molecule has 2 aromatic carbocycles. The summed E-state index contributed by atoms with van der Waals surface area (Å²) in [6.45, 7) is 3.42. The molecular weight excluding hydrogens is 420 g/mol. The Bertz CT molecular complexity index is 938. The number of carbonyl (C=O) groups excluding carboxylic acids is 1. The van der Waals surface area contributed by atoms with Gasteiger partial charge in [0.05, 0.1) is 7.11 Å². The molecule has 2 N–H and O–H groups in total. The summed E-state index contributed by atoms with van der Waals surface area (Å²) in [5.74, 6) is -0.128. The second kappa shape index (κ2) is 8.37. The molecule has 0 radical (unpaired) electrons. The number of nitrogens with one attached hydrogen (secondary N) is 2. The number of hydrogen-bond donors (Lipinski definition) is 2. The maximum Gasteiger partial charge on any atom is 0.265 e. The zero-order chi connectivity index (χ0) is 19.3. The molecule has 26 heavy (non-hydrogen) atoms. The zero-order valence-corrected chi connectivity index (χ0v) is 16.9. The van der Waals surface area contributed by atoms with Gasteiger partial charge < -0.3 is 10.1 Å². The monoisotopic (exact) mass is 438 g/mol. The van der Waals surface area contributed by atoms with Crippen molar-refractivity contribution in [1.82, 2.24) is 0 Å². The minimum absolute atomic E-state index is 0.0705. The molecule has 0 fully saturated rings. The molecule has 8 heteroatoms. The first-order chi connectivity index (χ1) is 12.3. The second-order valence-corrected chi connectivity index (χ2v) is 7.97. The largest absolute Gasteiger partial charge is 0.495 e. The number of ether oxygens (including phenoxy) is 1. The molecule has 0 spiro atoms. The van der Waals surface area contributed by atoms with Crippen LogP contribution in [-0.4, -0.2) is 21.4 Å². The number of allylic oxidation sites excluding steroid dienone is 1. The standard InChI is InChI=1S/C18H19BrN2O4S/c1-4-12(2)18(22)20-15-9-10-16(25-3)17(11-15)26(23,24)21-14-7-5-13(19)6-8-14/h4-11,21H,1-3H3,(H,20,22). The number of anilines is 2. The molecule has 0 aliphatic rings. The maximum atomic E-state index is 12.8. The van der Waals surface area contributed by atoms with E-state index in [1.807, 2.05) is 0 Å². The van der Waals surface area contributed by atoms with Crippen LogP contribution in [0.25, 0.3) is 0 Å². The van der Waals surface area contributed by atoms with Gasteiger partial charge in [-0.05, 0) is 56.3 Å². The summed E-state index contributed by atoms with van der Waals surface area (Å²) in [5.41, 5.74) is 1.29. The highest BCUT2D eigenvalue weighted by Crippen LogP contribution is 2.29. The van der Waals surface area contributed by atoms with Crippen LogP contribution in [0, 0.1) is 0 Å². The third-order valence-corrected chi connectivity index (χ3v) is 5.53. The molecule has 2 aromatic rings. The van der Waals surface area contributed by atoms with Crippen molar-refractivity contribution in [3.8, 4) is 5.75 Å². The molecule has 0 heterocycles. The lowest BCUT2D eigenvalue weighted by molar-refractivity contribution is -0.112. The van der Waals surface area contributed by atoms with Crippen LogP contribution in [-0.2, 0) is 14.8 Å². The van der Waals surface area contributed by atoms with Crippen LogP contribution in [0.15, 0.2) is 63.5 Å². The van der Waals surface area contributed by atoms with E-state index in [1.54, 1.807) is 50.3 Å². The van der Waals surface area contributed by atoms with Crippen molar-refractivity contribution in [2.24, 2.45) is 0 Å². The molecule has 0 atom stereocenters. The predicted octanol–water partition coefficient (Wildman–Crippen LogP) is 4.16. The summed E-state index contributed by atoms with van der Waals surface area (Å²) in [6, 6.07) is 11.2. The number of amides is 1. The van der Waals surface area contributed by atoms with Crippen LogP contribution in [0.3, 0.4) is 0 Å². The maximum absolute atomic E-state index is 12.8. The summed E-state index contributed by atoms with van der Waals surface area (Å²) in [4.78, 5) is 11.9. The number of sulfonamides is 1. The Morgan fingerprint density at radius 3 is 2.31 bits per heavy atom. The lowest BCUT2D eigenvalue weighted by Gasteiger charge is -2.14. The molecule has 0 aliphatic heterocycles. The van der Waals surface area contributed by atoms with Gasteiger partial charge >= 0.3 is 0 Å². The van der Waals surface area contributed by atoms with Gasteiger partial charge in [-0.15, -0.1) is 0 Å². The Kier molecular flexibility index (Phi) is 6.44. The van der Waals surface area contributed by atoms with Crippen molar-refractivity contribution in [2.75, 3.05) is 17.1 Å². The lowest BCUT2D eigenvalue weighted by atomic mass is 10.2. The normalized spacial score (nSPS) is 11.8. The number of hydrogen-bond acceptors (Lipinski definition) is 4. The van der Waals surface area contributed by atoms with Gasteiger partial charge in [0.2, 0.25) is 0 Å². The van der Waals surface area contributed by atoms with E-state index in [0.29, 0.717) is 16.9 Å². The van der Waals surface area contributed by atoms with E-state index in [1.165, 1.54) is 19.2 Å². The number of benzene rings is 2. The van der Waals surface area contributed by atoms with E-state index in [9.17, 15) is 13.2 Å². The fraction of sp³-hybridized carbons (Fsp3) is 0.167. The average molecular weight is 439 g/mol. The summed E-state index contributed by atoms with van der Waals surface area (Å²) in [7, 11) is -2.52. The fourth-order valence-corrected chi connectivity index (χ4v) is 3.57. The van der Waals surface area contributed by atoms with Crippen LogP contribution < -0.4 is 14.8 Å². The smallest absolute Gasteiger partial charge is 0.265 e. The van der Waals surface area contributed by atoms with Gasteiger partial charge in [-0.25, -0.2) is 8.42 Å². The van der Waals surface area contributed by atoms with Crippen LogP contribution >= 0.6 is 15.9 Å². The van der Waals surface area contributed by atoms with E-state index >= 15 is 0 Å². The van der Waals surface area contributed by atoms with Crippen molar-refractivity contribution in [3.63, 3.8) is 0 Å². The third kappa shape index (κ3) is 4.86. The summed E-state index contributed by atoms with van der Waals surface area (Å²) >= 11 is 3.30. The molecule has 0 saturated heterocycles. The van der Waals surface area contributed by atoms with Gasteiger partial charge in [-0.3, -0.25) is 9.52 Å². The fourth-order valence-electron chi connectivity index (χ4n) is 2.05. The van der Waals surface area contributed by atoms with Crippen LogP contribution in [0.5, 0.6) is 5.75 Å². The van der Waals surface area contributed by atoms with Gasteiger partial charge in [-0.2, -0.15) is 0 Å². The highest BCUT2D eigenvalue weighted by Gasteiger charge is 2.21. The molecule has 6 nitrogen and oxygen atoms in total. The van der Waals surface area contributed by atoms with Crippen molar-refractivity contribution in [1.29, 1.82) is 0 Å².